The number of H-pyrrole nitrogens is 1. The number of aromatic amines is 1. The van der Waals surface area contributed by atoms with E-state index >= 15 is 0 Å². The number of aryl methyl sites for hydroxylation is 1. The van der Waals surface area contributed by atoms with Crippen molar-refractivity contribution in [2.75, 3.05) is 0 Å². The molecule has 1 aromatic rings. The molecule has 0 unspecified atom stereocenters. The molecule has 0 fully saturated rings. The largest absolute Gasteiger partial charge is 0.358 e. The molecule has 1 heterocycles. The third kappa shape index (κ3) is 1.33. The first kappa shape index (κ1) is 8.41. The molecule has 0 spiro atoms. The van der Waals surface area contributed by atoms with Gasteiger partial charge in [-0.15, -0.1) is 0 Å². The van der Waals surface area contributed by atoms with Gasteiger partial charge >= 0.3 is 0 Å². The van der Waals surface area contributed by atoms with E-state index in [2.05, 4.69) is 11.6 Å². The van der Waals surface area contributed by atoms with Crippen LogP contribution in [0.1, 0.15) is 19.5 Å². The Labute approximate surface area is 71.4 Å². The first-order chi connectivity index (χ1) is 5.04. The highest BCUT2D eigenvalue weighted by Gasteiger charge is 2.00. The van der Waals surface area contributed by atoms with Crippen molar-refractivity contribution >= 4 is 23.8 Å². The van der Waals surface area contributed by atoms with Gasteiger partial charge in [0.05, 0.1) is 5.02 Å². The third-order valence-electron chi connectivity index (χ3n) is 1.69. The summed E-state index contributed by atoms with van der Waals surface area (Å²) in [6.07, 6.45) is 0. The van der Waals surface area contributed by atoms with Gasteiger partial charge in [-0.1, -0.05) is 23.8 Å². The summed E-state index contributed by atoms with van der Waals surface area (Å²) in [7, 11) is 0. The average Bonchev–Trinajstić information content (AvgIpc) is 2.07. The van der Waals surface area contributed by atoms with Crippen LogP contribution < -0.4 is 10.6 Å². The van der Waals surface area contributed by atoms with Gasteiger partial charge in [-0.3, -0.25) is 0 Å². The summed E-state index contributed by atoms with van der Waals surface area (Å²) in [4.78, 5) is 3.09. The Morgan fingerprint density at radius 2 is 2.00 bits per heavy atom. The van der Waals surface area contributed by atoms with Crippen LogP contribution in [0.15, 0.2) is 0 Å². The topological polar surface area (TPSA) is 15.8 Å². The summed E-state index contributed by atoms with van der Waals surface area (Å²) in [5.74, 6) is 0. The van der Waals surface area contributed by atoms with E-state index in [1.54, 1.807) is 0 Å². The van der Waals surface area contributed by atoms with Crippen molar-refractivity contribution in [1.82, 2.24) is 4.98 Å². The van der Waals surface area contributed by atoms with Crippen LogP contribution in [-0.2, 0) is 0 Å². The third-order valence-corrected chi connectivity index (χ3v) is 2.16. The van der Waals surface area contributed by atoms with Crippen molar-refractivity contribution in [2.24, 2.45) is 0 Å². The van der Waals surface area contributed by atoms with E-state index < -0.39 is 0 Å². The lowest BCUT2D eigenvalue weighted by Gasteiger charge is -1.86. The quantitative estimate of drug-likeness (QED) is 0.607. The van der Waals surface area contributed by atoms with E-state index in [0.717, 1.165) is 21.3 Å². The SMILES string of the molecule is C=c1[nH]c(C)c(Cl)c1=C(C)C. The molecule has 1 N–H and O–H groups in total. The molecule has 0 saturated heterocycles. The number of aromatic nitrogens is 1. The standard InChI is InChI=1S/C9H12ClN/c1-5(2)8-6(3)11-7(4)9(8)10/h11H,3H2,1-2,4H3. The number of hydrogen-bond donors (Lipinski definition) is 1. The molecule has 0 atom stereocenters. The summed E-state index contributed by atoms with van der Waals surface area (Å²) in [5.41, 5.74) is 2.19. The van der Waals surface area contributed by atoms with Gasteiger partial charge in [-0.25, -0.2) is 0 Å². The molecular formula is C9H12ClN. The first-order valence-electron chi connectivity index (χ1n) is 3.54. The zero-order valence-electron chi connectivity index (χ0n) is 7.09. The van der Waals surface area contributed by atoms with Crippen LogP contribution in [0, 0.1) is 6.92 Å². The second-order valence-corrected chi connectivity index (χ2v) is 3.30. The van der Waals surface area contributed by atoms with Crippen molar-refractivity contribution in [2.45, 2.75) is 20.8 Å². The fourth-order valence-electron chi connectivity index (χ4n) is 1.18. The molecule has 1 nitrogen and oxygen atoms in total. The maximum absolute atomic E-state index is 6.02. The molecule has 0 bridgehead atoms. The van der Waals surface area contributed by atoms with Gasteiger partial charge in [0.1, 0.15) is 0 Å². The summed E-state index contributed by atoms with van der Waals surface area (Å²) < 4.78 is 0. The van der Waals surface area contributed by atoms with Crippen molar-refractivity contribution in [3.05, 3.63) is 21.3 Å². The van der Waals surface area contributed by atoms with Gasteiger partial charge in [-0.2, -0.15) is 0 Å². The van der Waals surface area contributed by atoms with Crippen molar-refractivity contribution in [3.63, 3.8) is 0 Å². The lowest BCUT2D eigenvalue weighted by atomic mass is 10.2. The zero-order chi connectivity index (χ0) is 8.59. The number of hydrogen-bond acceptors (Lipinski definition) is 0. The van der Waals surface area contributed by atoms with E-state index in [0.29, 0.717) is 0 Å². The molecule has 0 saturated carbocycles. The molecule has 0 amide bonds. The van der Waals surface area contributed by atoms with E-state index in [-0.39, 0.29) is 0 Å². The minimum Gasteiger partial charge on any atom is -0.358 e. The van der Waals surface area contributed by atoms with Gasteiger partial charge in [0.2, 0.25) is 0 Å². The fraction of sp³-hybridized carbons (Fsp3) is 0.333. The maximum Gasteiger partial charge on any atom is 0.0688 e. The van der Waals surface area contributed by atoms with Crippen LogP contribution in [0.5, 0.6) is 0 Å². The van der Waals surface area contributed by atoms with Crippen LogP contribution in [-0.4, -0.2) is 4.98 Å². The molecule has 1 rings (SSSR count). The lowest BCUT2D eigenvalue weighted by molar-refractivity contribution is 1.22. The van der Waals surface area contributed by atoms with Crippen molar-refractivity contribution < 1.29 is 0 Å². The van der Waals surface area contributed by atoms with Gasteiger partial charge in [0.15, 0.2) is 0 Å². The van der Waals surface area contributed by atoms with E-state index in [1.165, 1.54) is 5.57 Å². The molecule has 11 heavy (non-hydrogen) atoms. The number of rotatable bonds is 0. The van der Waals surface area contributed by atoms with Crippen LogP contribution in [0.3, 0.4) is 0 Å². The monoisotopic (exact) mass is 169 g/mol. The number of halogens is 1. The highest BCUT2D eigenvalue weighted by molar-refractivity contribution is 6.31. The Morgan fingerprint density at radius 3 is 2.18 bits per heavy atom. The van der Waals surface area contributed by atoms with Crippen LogP contribution in [0.2, 0.25) is 5.02 Å². The fourth-order valence-corrected chi connectivity index (χ4v) is 1.54. The lowest BCUT2D eigenvalue weighted by Crippen LogP contribution is -2.22. The van der Waals surface area contributed by atoms with E-state index in [1.807, 2.05) is 20.8 Å². The van der Waals surface area contributed by atoms with Crippen LogP contribution in [0.25, 0.3) is 12.2 Å². The molecule has 0 aliphatic carbocycles. The highest BCUT2D eigenvalue weighted by atomic mass is 35.5. The highest BCUT2D eigenvalue weighted by Crippen LogP contribution is 2.04. The molecule has 0 aliphatic rings. The summed E-state index contributed by atoms with van der Waals surface area (Å²) in [6, 6.07) is 0. The molecular weight excluding hydrogens is 158 g/mol. The summed E-state index contributed by atoms with van der Waals surface area (Å²) >= 11 is 6.02. The van der Waals surface area contributed by atoms with Gasteiger partial charge in [0, 0.05) is 16.3 Å². The second-order valence-electron chi connectivity index (χ2n) is 2.92. The Morgan fingerprint density at radius 1 is 1.45 bits per heavy atom. The van der Waals surface area contributed by atoms with Gasteiger partial charge in [0.25, 0.3) is 0 Å². The van der Waals surface area contributed by atoms with Crippen LogP contribution >= 0.6 is 11.6 Å². The van der Waals surface area contributed by atoms with Gasteiger partial charge in [-0.05, 0) is 20.8 Å². The zero-order valence-corrected chi connectivity index (χ0v) is 7.84. The molecule has 0 aromatic carbocycles. The average molecular weight is 170 g/mol. The van der Waals surface area contributed by atoms with Crippen molar-refractivity contribution in [1.29, 1.82) is 0 Å². The Kier molecular flexibility index (Phi) is 2.10. The Bertz CT molecular complexity index is 369. The molecule has 0 radical (unpaired) electrons. The normalized spacial score (nSPS) is 10.2. The minimum atomic E-state index is 0.801. The Balaban J connectivity index is 3.75. The summed E-state index contributed by atoms with van der Waals surface area (Å²) in [5, 5.41) is 2.77. The minimum absolute atomic E-state index is 0.801. The van der Waals surface area contributed by atoms with E-state index in [4.69, 9.17) is 11.6 Å². The van der Waals surface area contributed by atoms with E-state index in [9.17, 15) is 0 Å². The number of nitrogens with one attached hydrogen (secondary N) is 1. The molecule has 60 valence electrons. The smallest absolute Gasteiger partial charge is 0.0688 e. The molecule has 2 heteroatoms. The van der Waals surface area contributed by atoms with Gasteiger partial charge < -0.3 is 4.98 Å². The predicted octanol–water partition coefficient (Wildman–Crippen LogP) is 1.58. The first-order valence-corrected chi connectivity index (χ1v) is 3.92. The summed E-state index contributed by atoms with van der Waals surface area (Å²) in [6.45, 7) is 9.87. The Hall–Kier alpha value is -0.690. The molecule has 1 aromatic heterocycles. The van der Waals surface area contributed by atoms with Crippen LogP contribution in [0.4, 0.5) is 0 Å². The second kappa shape index (κ2) is 2.74. The molecule has 0 aliphatic heterocycles. The maximum atomic E-state index is 6.02. The predicted molar refractivity (Wildman–Crippen MR) is 50.1 cm³/mol. The van der Waals surface area contributed by atoms with Crippen molar-refractivity contribution in [3.8, 4) is 0 Å².